The molecular formula is C55H106O6. The predicted octanol–water partition coefficient (Wildman–Crippen LogP) is 17.6. The van der Waals surface area contributed by atoms with E-state index in [1.54, 1.807) is 0 Å². The minimum atomic E-state index is -0.763. The Bertz CT molecular complexity index is 947. The molecule has 2 atom stereocenters. The average Bonchev–Trinajstić information content (AvgIpc) is 3.23. The molecule has 0 aliphatic heterocycles. The molecule has 0 heterocycles. The fraction of sp³-hybridized carbons (Fsp3) is 0.945. The van der Waals surface area contributed by atoms with Crippen molar-refractivity contribution in [1.29, 1.82) is 0 Å². The first-order chi connectivity index (χ1) is 29.6. The Kier molecular flexibility index (Phi) is 45.2. The Hall–Kier alpha value is -1.59. The second-order valence-corrected chi connectivity index (χ2v) is 20.1. The third-order valence-electron chi connectivity index (χ3n) is 12.8. The first-order valence-corrected chi connectivity index (χ1v) is 27.1. The lowest BCUT2D eigenvalue weighted by molar-refractivity contribution is -0.167. The second kappa shape index (κ2) is 46.4. The number of hydrogen-bond acceptors (Lipinski definition) is 6. The van der Waals surface area contributed by atoms with Crippen LogP contribution in [0.3, 0.4) is 0 Å². The molecule has 1 unspecified atom stereocenters. The fourth-order valence-electron chi connectivity index (χ4n) is 8.26. The summed E-state index contributed by atoms with van der Waals surface area (Å²) in [5.41, 5.74) is 0. The van der Waals surface area contributed by atoms with E-state index in [-0.39, 0.29) is 31.1 Å². The van der Waals surface area contributed by atoms with E-state index >= 15 is 0 Å². The predicted molar refractivity (Wildman–Crippen MR) is 261 cm³/mol. The number of rotatable bonds is 48. The Morgan fingerprint density at radius 1 is 0.328 bits per heavy atom. The van der Waals surface area contributed by atoms with Gasteiger partial charge in [-0.2, -0.15) is 0 Å². The van der Waals surface area contributed by atoms with Gasteiger partial charge in [0.2, 0.25) is 0 Å². The van der Waals surface area contributed by atoms with Gasteiger partial charge in [-0.05, 0) is 37.0 Å². The number of carbonyl (C=O) groups is 3. The third kappa shape index (κ3) is 47.7. The highest BCUT2D eigenvalue weighted by atomic mass is 16.6. The van der Waals surface area contributed by atoms with Crippen LogP contribution in [0.25, 0.3) is 0 Å². The monoisotopic (exact) mass is 863 g/mol. The molecule has 362 valence electrons. The highest BCUT2D eigenvalue weighted by Crippen LogP contribution is 2.18. The van der Waals surface area contributed by atoms with Crippen LogP contribution < -0.4 is 0 Å². The lowest BCUT2D eigenvalue weighted by Crippen LogP contribution is -2.30. The van der Waals surface area contributed by atoms with Gasteiger partial charge in [0.1, 0.15) is 13.2 Å². The van der Waals surface area contributed by atoms with E-state index in [4.69, 9.17) is 14.2 Å². The highest BCUT2D eigenvalue weighted by molar-refractivity contribution is 5.71. The van der Waals surface area contributed by atoms with Crippen molar-refractivity contribution in [3.05, 3.63) is 0 Å². The fourth-order valence-corrected chi connectivity index (χ4v) is 8.26. The molecule has 0 aliphatic rings. The quantitative estimate of drug-likeness (QED) is 0.0344. The molecule has 0 N–H and O–H groups in total. The molecule has 0 aliphatic carbocycles. The van der Waals surface area contributed by atoms with Gasteiger partial charge in [0.05, 0.1) is 0 Å². The van der Waals surface area contributed by atoms with Crippen molar-refractivity contribution in [2.24, 2.45) is 17.8 Å². The van der Waals surface area contributed by atoms with Crippen molar-refractivity contribution in [1.82, 2.24) is 0 Å². The van der Waals surface area contributed by atoms with Crippen LogP contribution in [0.2, 0.25) is 0 Å². The van der Waals surface area contributed by atoms with Gasteiger partial charge in [-0.25, -0.2) is 0 Å². The van der Waals surface area contributed by atoms with Crippen molar-refractivity contribution in [3.8, 4) is 0 Å². The molecule has 0 fully saturated rings. The first-order valence-electron chi connectivity index (χ1n) is 27.1. The highest BCUT2D eigenvalue weighted by Gasteiger charge is 2.19. The minimum Gasteiger partial charge on any atom is -0.462 e. The zero-order valence-electron chi connectivity index (χ0n) is 42.0. The van der Waals surface area contributed by atoms with Crippen LogP contribution in [0.1, 0.15) is 298 Å². The van der Waals surface area contributed by atoms with Gasteiger partial charge in [-0.3, -0.25) is 14.4 Å². The van der Waals surface area contributed by atoms with Gasteiger partial charge >= 0.3 is 17.9 Å². The number of hydrogen-bond donors (Lipinski definition) is 0. The lowest BCUT2D eigenvalue weighted by Gasteiger charge is -2.18. The maximum Gasteiger partial charge on any atom is 0.306 e. The Labute approximate surface area is 380 Å². The van der Waals surface area contributed by atoms with Gasteiger partial charge in [0, 0.05) is 19.3 Å². The summed E-state index contributed by atoms with van der Waals surface area (Å²) < 4.78 is 16.8. The molecule has 0 saturated heterocycles. The summed E-state index contributed by atoms with van der Waals surface area (Å²) >= 11 is 0. The van der Waals surface area contributed by atoms with Crippen LogP contribution in [-0.4, -0.2) is 37.2 Å². The molecule has 0 rings (SSSR count). The van der Waals surface area contributed by atoms with Gasteiger partial charge in [0.15, 0.2) is 6.10 Å². The van der Waals surface area contributed by atoms with E-state index in [0.717, 1.165) is 75.5 Å². The summed E-state index contributed by atoms with van der Waals surface area (Å²) in [6, 6.07) is 0. The summed E-state index contributed by atoms with van der Waals surface area (Å²) in [7, 11) is 0. The number of esters is 3. The van der Waals surface area contributed by atoms with Crippen LogP contribution in [0.5, 0.6) is 0 Å². The van der Waals surface area contributed by atoms with Crippen molar-refractivity contribution in [3.63, 3.8) is 0 Å². The summed E-state index contributed by atoms with van der Waals surface area (Å²) in [5, 5.41) is 0. The Morgan fingerprint density at radius 2 is 0.574 bits per heavy atom. The molecule has 6 nitrogen and oxygen atoms in total. The summed E-state index contributed by atoms with van der Waals surface area (Å²) in [4.78, 5) is 37.9. The van der Waals surface area contributed by atoms with Crippen molar-refractivity contribution >= 4 is 17.9 Å². The first kappa shape index (κ1) is 59.4. The largest absolute Gasteiger partial charge is 0.462 e. The lowest BCUT2D eigenvalue weighted by atomic mass is 9.99. The normalized spacial score (nSPS) is 12.6. The molecule has 0 radical (unpaired) electrons. The molecule has 0 bridgehead atoms. The van der Waals surface area contributed by atoms with E-state index < -0.39 is 6.10 Å². The number of carbonyl (C=O) groups excluding carboxylic acids is 3. The molecule has 0 spiro atoms. The topological polar surface area (TPSA) is 78.9 Å². The smallest absolute Gasteiger partial charge is 0.306 e. The van der Waals surface area contributed by atoms with Crippen LogP contribution in [0.4, 0.5) is 0 Å². The van der Waals surface area contributed by atoms with Crippen LogP contribution >= 0.6 is 0 Å². The van der Waals surface area contributed by atoms with Crippen LogP contribution in [0, 0.1) is 17.8 Å². The number of ether oxygens (including phenoxy) is 3. The molecule has 0 aromatic carbocycles. The van der Waals surface area contributed by atoms with Gasteiger partial charge < -0.3 is 14.2 Å². The van der Waals surface area contributed by atoms with Crippen molar-refractivity contribution in [2.45, 2.75) is 304 Å². The van der Waals surface area contributed by atoms with Gasteiger partial charge in [-0.1, -0.05) is 260 Å². The summed E-state index contributed by atoms with van der Waals surface area (Å²) in [5.74, 6) is 1.62. The maximum atomic E-state index is 12.8. The van der Waals surface area contributed by atoms with Gasteiger partial charge in [-0.15, -0.1) is 0 Å². The second-order valence-electron chi connectivity index (χ2n) is 20.1. The van der Waals surface area contributed by atoms with E-state index in [0.29, 0.717) is 19.3 Å². The summed E-state index contributed by atoms with van der Waals surface area (Å²) in [6.45, 7) is 13.7. The molecule has 0 aromatic heterocycles. The van der Waals surface area contributed by atoms with E-state index in [2.05, 4.69) is 41.5 Å². The van der Waals surface area contributed by atoms with Gasteiger partial charge in [0.25, 0.3) is 0 Å². The molecule has 0 aromatic rings. The molecule has 61 heavy (non-hydrogen) atoms. The number of unbranched alkanes of at least 4 members (excludes halogenated alkanes) is 30. The van der Waals surface area contributed by atoms with E-state index in [1.807, 2.05) is 0 Å². The zero-order chi connectivity index (χ0) is 44.9. The van der Waals surface area contributed by atoms with Crippen molar-refractivity contribution in [2.75, 3.05) is 13.2 Å². The molecule has 6 heteroatoms. The minimum absolute atomic E-state index is 0.0653. The van der Waals surface area contributed by atoms with Crippen molar-refractivity contribution < 1.29 is 28.6 Å². The van der Waals surface area contributed by atoms with Crippen LogP contribution in [-0.2, 0) is 28.6 Å². The summed E-state index contributed by atoms with van der Waals surface area (Å²) in [6.07, 6.45) is 46.8. The SMILES string of the molecule is CCC(C)CCCCCCCCCCCCCCCCCCCCC(=O)OC[C@H](COC(=O)CCCCCCCCC(C)C)OC(=O)CCCCCCCCCCCC(C)C. The maximum absolute atomic E-state index is 12.8. The Morgan fingerprint density at radius 3 is 0.852 bits per heavy atom. The third-order valence-corrected chi connectivity index (χ3v) is 12.8. The zero-order valence-corrected chi connectivity index (χ0v) is 42.0. The molecular weight excluding hydrogens is 757 g/mol. The average molecular weight is 863 g/mol. The van der Waals surface area contributed by atoms with E-state index in [9.17, 15) is 14.4 Å². The van der Waals surface area contributed by atoms with E-state index in [1.165, 1.54) is 180 Å². The van der Waals surface area contributed by atoms with Crippen LogP contribution in [0.15, 0.2) is 0 Å². The molecule has 0 saturated carbocycles. The molecule has 0 amide bonds. The Balaban J connectivity index is 4.16. The standard InChI is InChI=1S/C55H106O6/c1-7-51(6)43-37-31-24-20-16-14-12-10-8-9-11-13-15-17-21-25-32-38-44-53(56)59-47-52(48-60-54(57)45-39-33-28-27-30-36-42-50(4)5)61-55(58)46-40-34-26-22-18-19-23-29-35-41-49(2)3/h49-52H,7-48H2,1-6H3/t51?,52-/m1/s1.